The zero-order valence-electron chi connectivity index (χ0n) is 32.5. The number of nitrogens with zero attached hydrogens (tertiary/aromatic N) is 2. The van der Waals surface area contributed by atoms with Crippen LogP contribution in [0, 0.1) is 0 Å². The Balaban J connectivity index is 1.09. The molecule has 3 heteroatoms. The second-order valence-corrected chi connectivity index (χ2v) is 18.0. The summed E-state index contributed by atoms with van der Waals surface area (Å²) in [6, 6.07) is 63.6. The molecule has 12 rings (SSSR count). The van der Waals surface area contributed by atoms with E-state index in [4.69, 9.17) is 0 Å². The lowest BCUT2D eigenvalue weighted by atomic mass is 9.71. The smallest absolute Gasteiger partial charge is 0.0541 e. The molecular weight excluding hydrogens is 709 g/mol. The number of aromatic nitrogens is 1. The van der Waals surface area contributed by atoms with Gasteiger partial charge in [-0.1, -0.05) is 125 Å². The van der Waals surface area contributed by atoms with Crippen LogP contribution in [0.3, 0.4) is 0 Å². The minimum atomic E-state index is -0.278. The topological polar surface area (TPSA) is 8.17 Å². The van der Waals surface area contributed by atoms with Crippen molar-refractivity contribution >= 4 is 70.4 Å². The number of hydrogen-bond acceptors (Lipinski definition) is 2. The van der Waals surface area contributed by atoms with E-state index in [0.29, 0.717) is 0 Å². The van der Waals surface area contributed by atoms with E-state index in [1.165, 1.54) is 109 Å². The van der Waals surface area contributed by atoms with Crippen molar-refractivity contribution in [1.29, 1.82) is 0 Å². The van der Waals surface area contributed by atoms with E-state index < -0.39 is 0 Å². The Kier molecular flexibility index (Phi) is 6.65. The van der Waals surface area contributed by atoms with Gasteiger partial charge in [-0.05, 0) is 117 Å². The molecule has 0 radical (unpaired) electrons. The van der Waals surface area contributed by atoms with Gasteiger partial charge in [0, 0.05) is 53.1 Å². The molecule has 0 spiro atoms. The van der Waals surface area contributed by atoms with Gasteiger partial charge in [-0.3, -0.25) is 0 Å². The Morgan fingerprint density at radius 3 is 1.98 bits per heavy atom. The van der Waals surface area contributed by atoms with Crippen LogP contribution in [0.2, 0.25) is 0 Å². The van der Waals surface area contributed by atoms with Gasteiger partial charge in [0.25, 0.3) is 0 Å². The number of rotatable bonds is 3. The van der Waals surface area contributed by atoms with Crippen molar-refractivity contribution in [1.82, 2.24) is 4.57 Å². The van der Waals surface area contributed by atoms with E-state index in [1.807, 2.05) is 11.3 Å². The quantitative estimate of drug-likeness (QED) is 0.175. The summed E-state index contributed by atoms with van der Waals surface area (Å²) < 4.78 is 5.07. The number of benzene rings is 8. The van der Waals surface area contributed by atoms with Crippen molar-refractivity contribution < 1.29 is 0 Å². The molecule has 0 atom stereocenters. The van der Waals surface area contributed by atoms with Gasteiger partial charge in [-0.2, -0.15) is 0 Å². The third-order valence-corrected chi connectivity index (χ3v) is 14.3. The second-order valence-electron chi connectivity index (χ2n) is 16.9. The van der Waals surface area contributed by atoms with Crippen LogP contribution in [0.5, 0.6) is 0 Å². The van der Waals surface area contributed by atoms with Crippen LogP contribution < -0.4 is 4.90 Å². The number of para-hydroxylation sites is 2. The molecule has 1 aliphatic heterocycles. The summed E-state index contributed by atoms with van der Waals surface area (Å²) in [6.07, 6.45) is 0. The van der Waals surface area contributed by atoms with E-state index >= 15 is 0 Å². The van der Waals surface area contributed by atoms with Crippen LogP contribution >= 0.6 is 11.3 Å². The minimum absolute atomic E-state index is 0.0949. The predicted molar refractivity (Wildman–Crippen MR) is 243 cm³/mol. The molecule has 57 heavy (non-hydrogen) atoms. The van der Waals surface area contributed by atoms with Crippen molar-refractivity contribution in [2.75, 3.05) is 4.90 Å². The lowest BCUT2D eigenvalue weighted by molar-refractivity contribution is 0.638. The molecular formula is C54H40N2S. The van der Waals surface area contributed by atoms with Crippen LogP contribution in [-0.2, 0) is 10.8 Å². The summed E-state index contributed by atoms with van der Waals surface area (Å²) >= 11 is 1.90. The van der Waals surface area contributed by atoms with Gasteiger partial charge in [-0.25, -0.2) is 0 Å². The summed E-state index contributed by atoms with van der Waals surface area (Å²) in [5.41, 5.74) is 17.6. The molecule has 2 aromatic heterocycles. The van der Waals surface area contributed by atoms with Crippen LogP contribution in [0.15, 0.2) is 170 Å². The van der Waals surface area contributed by atoms with Gasteiger partial charge in [0.2, 0.25) is 0 Å². The average molecular weight is 749 g/mol. The molecule has 0 amide bonds. The highest BCUT2D eigenvalue weighted by atomic mass is 32.1. The van der Waals surface area contributed by atoms with Crippen LogP contribution in [0.4, 0.5) is 17.1 Å². The molecule has 2 aliphatic rings. The molecule has 0 bridgehead atoms. The molecule has 2 nitrogen and oxygen atoms in total. The first-order chi connectivity index (χ1) is 27.8. The Labute approximate surface area is 336 Å². The molecule has 8 aromatic carbocycles. The molecule has 272 valence electrons. The number of thiophene rings is 1. The molecule has 0 saturated carbocycles. The van der Waals surface area contributed by atoms with Crippen molar-refractivity contribution in [2.45, 2.75) is 38.5 Å². The van der Waals surface area contributed by atoms with Crippen molar-refractivity contribution in [2.24, 2.45) is 0 Å². The van der Waals surface area contributed by atoms with E-state index in [2.05, 4.69) is 207 Å². The summed E-state index contributed by atoms with van der Waals surface area (Å²) in [7, 11) is 0. The summed E-state index contributed by atoms with van der Waals surface area (Å²) in [6.45, 7) is 9.64. The lowest BCUT2D eigenvalue weighted by Crippen LogP contribution is -2.31. The average Bonchev–Trinajstić information content (AvgIpc) is 3.86. The van der Waals surface area contributed by atoms with Gasteiger partial charge in [0.05, 0.1) is 22.4 Å². The third kappa shape index (κ3) is 4.46. The SMILES string of the molecule is CC1(C)c2ccccc2-c2ccc(N3c4ccc(-c5ccc6c(c5)c5ccccc5n6-c5ccccc5)cc4C(C)(C)c4c3ccc3sc5ccccc5c43)cc21. The molecule has 0 N–H and O–H groups in total. The summed E-state index contributed by atoms with van der Waals surface area (Å²) in [5, 5.41) is 5.25. The normalized spacial score (nSPS) is 14.9. The first-order valence-corrected chi connectivity index (χ1v) is 20.8. The highest BCUT2D eigenvalue weighted by Crippen LogP contribution is 2.58. The molecule has 0 unspecified atom stereocenters. The molecule has 3 heterocycles. The fraction of sp³-hybridized carbons (Fsp3) is 0.111. The van der Waals surface area contributed by atoms with Gasteiger partial charge in [0.15, 0.2) is 0 Å². The first-order valence-electron chi connectivity index (χ1n) is 20.0. The number of hydrogen-bond donors (Lipinski definition) is 0. The number of fused-ring (bicyclic) bond motifs is 12. The zero-order chi connectivity index (χ0) is 38.2. The van der Waals surface area contributed by atoms with Crippen molar-refractivity contribution in [3.8, 4) is 27.9 Å². The largest absolute Gasteiger partial charge is 0.310 e. The minimum Gasteiger partial charge on any atom is -0.310 e. The maximum absolute atomic E-state index is 2.56. The maximum Gasteiger partial charge on any atom is 0.0541 e. The molecule has 0 saturated heterocycles. The second kappa shape index (κ2) is 11.6. The fourth-order valence-electron chi connectivity index (χ4n) is 10.4. The van der Waals surface area contributed by atoms with E-state index in [-0.39, 0.29) is 10.8 Å². The van der Waals surface area contributed by atoms with Crippen LogP contribution in [-0.4, -0.2) is 4.57 Å². The Morgan fingerprint density at radius 2 is 1.11 bits per heavy atom. The molecule has 0 fully saturated rings. The first kappa shape index (κ1) is 32.8. The van der Waals surface area contributed by atoms with Crippen molar-refractivity contribution in [3.05, 3.63) is 192 Å². The van der Waals surface area contributed by atoms with Gasteiger partial charge >= 0.3 is 0 Å². The maximum atomic E-state index is 2.56. The Bertz CT molecular complexity index is 3300. The highest BCUT2D eigenvalue weighted by Gasteiger charge is 2.41. The monoisotopic (exact) mass is 748 g/mol. The summed E-state index contributed by atoms with van der Waals surface area (Å²) in [5.74, 6) is 0. The molecule has 10 aromatic rings. The fourth-order valence-corrected chi connectivity index (χ4v) is 11.5. The molecule has 1 aliphatic carbocycles. The highest BCUT2D eigenvalue weighted by molar-refractivity contribution is 7.25. The lowest BCUT2D eigenvalue weighted by Gasteiger charge is -2.43. The summed E-state index contributed by atoms with van der Waals surface area (Å²) in [4.78, 5) is 2.56. The van der Waals surface area contributed by atoms with Gasteiger partial charge < -0.3 is 9.47 Å². The van der Waals surface area contributed by atoms with Gasteiger partial charge in [-0.15, -0.1) is 11.3 Å². The zero-order valence-corrected chi connectivity index (χ0v) is 33.3. The predicted octanol–water partition coefficient (Wildman–Crippen LogP) is 15.2. The standard InChI is InChI=1S/C54H40N2S/c1-53(2)42-19-11-8-16-37(42)38-25-24-36(32-43(38)53)56-47-27-23-34(31-44(47)54(3,4)52-48(56)28-29-50-51(52)40-18-10-13-21-49(40)57-50)33-22-26-46-41(30-33)39-17-9-12-20-45(39)55(46)35-14-6-5-7-15-35/h5-32H,1-4H3. The Hall–Kier alpha value is -6.42. The van der Waals surface area contributed by atoms with E-state index in [1.54, 1.807) is 0 Å². The van der Waals surface area contributed by atoms with Gasteiger partial charge in [0.1, 0.15) is 0 Å². The van der Waals surface area contributed by atoms with Crippen LogP contribution in [0.25, 0.3) is 69.9 Å². The van der Waals surface area contributed by atoms with Crippen LogP contribution in [0.1, 0.15) is 49.9 Å². The number of anilines is 3. The van der Waals surface area contributed by atoms with E-state index in [0.717, 1.165) is 0 Å². The Morgan fingerprint density at radius 1 is 0.421 bits per heavy atom. The third-order valence-electron chi connectivity index (χ3n) is 13.1. The van der Waals surface area contributed by atoms with Crippen molar-refractivity contribution in [3.63, 3.8) is 0 Å². The van der Waals surface area contributed by atoms with E-state index in [9.17, 15) is 0 Å².